The van der Waals surface area contributed by atoms with Gasteiger partial charge in [0.25, 0.3) is 0 Å². The van der Waals surface area contributed by atoms with Crippen LogP contribution in [0.2, 0.25) is 0 Å². The van der Waals surface area contributed by atoms with E-state index in [0.717, 1.165) is 24.7 Å². The van der Waals surface area contributed by atoms with Gasteiger partial charge in [-0.3, -0.25) is 0 Å². The Bertz CT molecular complexity index is 331. The number of nitrogens with two attached hydrogens (primary N) is 1. The van der Waals surface area contributed by atoms with Crippen LogP contribution < -0.4 is 5.73 Å². The summed E-state index contributed by atoms with van der Waals surface area (Å²) < 4.78 is 5.58. The van der Waals surface area contributed by atoms with E-state index in [-0.39, 0.29) is 6.04 Å². The molecule has 1 saturated carbocycles. The van der Waals surface area contributed by atoms with Crippen molar-refractivity contribution in [2.24, 2.45) is 11.7 Å². The molecule has 0 spiro atoms. The van der Waals surface area contributed by atoms with Gasteiger partial charge in [-0.2, -0.15) is 0 Å². The normalized spacial score (nSPS) is 19.4. The van der Waals surface area contributed by atoms with Crippen LogP contribution in [0.4, 0.5) is 0 Å². The summed E-state index contributed by atoms with van der Waals surface area (Å²) in [7, 11) is 0. The maximum atomic E-state index is 5.85. The van der Waals surface area contributed by atoms with E-state index in [4.69, 9.17) is 10.2 Å². The van der Waals surface area contributed by atoms with E-state index in [2.05, 4.69) is 10.2 Å². The predicted octanol–water partition coefficient (Wildman–Crippen LogP) is 2.99. The van der Waals surface area contributed by atoms with Crippen LogP contribution in [0.25, 0.3) is 0 Å². The average molecular weight is 237 g/mol. The topological polar surface area (TPSA) is 64.9 Å². The van der Waals surface area contributed by atoms with Gasteiger partial charge in [-0.05, 0) is 18.8 Å². The molecule has 1 atom stereocenters. The van der Waals surface area contributed by atoms with Gasteiger partial charge in [0.2, 0.25) is 11.8 Å². The number of aromatic nitrogens is 2. The molecule has 0 saturated heterocycles. The van der Waals surface area contributed by atoms with Gasteiger partial charge in [0.05, 0.1) is 6.04 Å². The summed E-state index contributed by atoms with van der Waals surface area (Å²) in [4.78, 5) is 0. The van der Waals surface area contributed by atoms with Crippen molar-refractivity contribution in [3.63, 3.8) is 0 Å². The van der Waals surface area contributed by atoms with Crippen LogP contribution in [0.1, 0.15) is 69.7 Å². The molecule has 1 heterocycles. The second-order valence-corrected chi connectivity index (χ2v) is 5.09. The molecule has 0 aromatic carbocycles. The number of aryl methyl sites for hydroxylation is 1. The Balaban J connectivity index is 1.80. The van der Waals surface area contributed by atoms with Crippen molar-refractivity contribution >= 4 is 0 Å². The van der Waals surface area contributed by atoms with Crippen LogP contribution in [0, 0.1) is 5.92 Å². The smallest absolute Gasteiger partial charge is 0.233 e. The minimum absolute atomic E-state index is 0.106. The lowest BCUT2D eigenvalue weighted by Crippen LogP contribution is -2.08. The Morgan fingerprint density at radius 2 is 2.06 bits per heavy atom. The molecule has 1 aromatic heterocycles. The highest BCUT2D eigenvalue weighted by Crippen LogP contribution is 2.27. The number of hydrogen-bond donors (Lipinski definition) is 1. The SMILES string of the molecule is CCC(N)c1nnc(CCC2CCCCC2)o1. The Morgan fingerprint density at radius 1 is 1.29 bits per heavy atom. The van der Waals surface area contributed by atoms with E-state index in [0.29, 0.717) is 5.89 Å². The van der Waals surface area contributed by atoms with Gasteiger partial charge in [-0.25, -0.2) is 0 Å². The highest BCUT2D eigenvalue weighted by Gasteiger charge is 2.16. The van der Waals surface area contributed by atoms with E-state index in [9.17, 15) is 0 Å². The fourth-order valence-corrected chi connectivity index (χ4v) is 2.50. The van der Waals surface area contributed by atoms with Gasteiger partial charge in [0, 0.05) is 6.42 Å². The Hall–Kier alpha value is -0.900. The lowest BCUT2D eigenvalue weighted by Gasteiger charge is -2.20. The molecule has 2 rings (SSSR count). The summed E-state index contributed by atoms with van der Waals surface area (Å²) in [6.45, 7) is 2.02. The van der Waals surface area contributed by atoms with Gasteiger partial charge in [-0.15, -0.1) is 10.2 Å². The van der Waals surface area contributed by atoms with Crippen molar-refractivity contribution < 1.29 is 4.42 Å². The van der Waals surface area contributed by atoms with Crippen molar-refractivity contribution in [1.29, 1.82) is 0 Å². The van der Waals surface area contributed by atoms with Crippen LogP contribution in [0.5, 0.6) is 0 Å². The molecule has 17 heavy (non-hydrogen) atoms. The average Bonchev–Trinajstić information content (AvgIpc) is 2.85. The minimum Gasteiger partial charge on any atom is -0.424 e. The van der Waals surface area contributed by atoms with Crippen molar-refractivity contribution in [2.45, 2.75) is 64.3 Å². The number of nitrogens with zero attached hydrogens (tertiary/aromatic N) is 2. The molecule has 0 radical (unpaired) electrons. The summed E-state index contributed by atoms with van der Waals surface area (Å²) in [6.07, 6.45) is 9.86. The van der Waals surface area contributed by atoms with Crippen LogP contribution in [0.15, 0.2) is 4.42 Å². The molecule has 0 bridgehead atoms. The largest absolute Gasteiger partial charge is 0.424 e. The Morgan fingerprint density at radius 3 is 2.76 bits per heavy atom. The number of hydrogen-bond acceptors (Lipinski definition) is 4. The molecular weight excluding hydrogens is 214 g/mol. The molecule has 0 aliphatic heterocycles. The van der Waals surface area contributed by atoms with E-state index >= 15 is 0 Å². The molecule has 4 nitrogen and oxygen atoms in total. The zero-order valence-electron chi connectivity index (χ0n) is 10.7. The van der Waals surface area contributed by atoms with Crippen LogP contribution >= 0.6 is 0 Å². The van der Waals surface area contributed by atoms with Gasteiger partial charge in [0.15, 0.2) is 0 Å². The lowest BCUT2D eigenvalue weighted by molar-refractivity contribution is 0.324. The molecule has 1 aliphatic rings. The molecule has 1 aliphatic carbocycles. The first-order chi connectivity index (χ1) is 8.29. The molecule has 2 N–H and O–H groups in total. The minimum atomic E-state index is -0.106. The standard InChI is InChI=1S/C13H23N3O/c1-2-11(14)13-16-15-12(17-13)9-8-10-6-4-3-5-7-10/h10-11H,2-9,14H2,1H3. The second kappa shape index (κ2) is 6.15. The summed E-state index contributed by atoms with van der Waals surface area (Å²) >= 11 is 0. The molecule has 96 valence electrons. The maximum absolute atomic E-state index is 5.85. The van der Waals surface area contributed by atoms with E-state index in [1.165, 1.54) is 38.5 Å². The van der Waals surface area contributed by atoms with Gasteiger partial charge in [-0.1, -0.05) is 39.0 Å². The zero-order valence-corrected chi connectivity index (χ0v) is 10.7. The summed E-state index contributed by atoms with van der Waals surface area (Å²) in [5.41, 5.74) is 5.85. The van der Waals surface area contributed by atoms with Crippen molar-refractivity contribution in [3.8, 4) is 0 Å². The first-order valence-corrected chi connectivity index (χ1v) is 6.87. The fourth-order valence-electron chi connectivity index (χ4n) is 2.50. The molecule has 1 fully saturated rings. The quantitative estimate of drug-likeness (QED) is 0.855. The summed E-state index contributed by atoms with van der Waals surface area (Å²) in [5, 5.41) is 8.08. The highest BCUT2D eigenvalue weighted by atomic mass is 16.4. The van der Waals surface area contributed by atoms with Crippen molar-refractivity contribution in [1.82, 2.24) is 10.2 Å². The van der Waals surface area contributed by atoms with E-state index in [1.54, 1.807) is 0 Å². The summed E-state index contributed by atoms with van der Waals surface area (Å²) in [5.74, 6) is 2.21. The fraction of sp³-hybridized carbons (Fsp3) is 0.846. The Labute approximate surface area is 103 Å². The van der Waals surface area contributed by atoms with Crippen LogP contribution in [-0.2, 0) is 6.42 Å². The lowest BCUT2D eigenvalue weighted by atomic mass is 9.86. The first kappa shape index (κ1) is 12.6. The van der Waals surface area contributed by atoms with Crippen molar-refractivity contribution in [3.05, 3.63) is 11.8 Å². The molecule has 1 unspecified atom stereocenters. The van der Waals surface area contributed by atoms with E-state index in [1.807, 2.05) is 6.92 Å². The molecular formula is C13H23N3O. The van der Waals surface area contributed by atoms with Gasteiger partial charge < -0.3 is 10.2 Å². The maximum Gasteiger partial charge on any atom is 0.233 e. The first-order valence-electron chi connectivity index (χ1n) is 6.87. The number of rotatable bonds is 5. The molecule has 4 heteroatoms. The van der Waals surface area contributed by atoms with E-state index < -0.39 is 0 Å². The third-order valence-electron chi connectivity index (χ3n) is 3.73. The zero-order chi connectivity index (χ0) is 12.1. The Kier molecular flexibility index (Phi) is 4.54. The molecule has 0 amide bonds. The summed E-state index contributed by atoms with van der Waals surface area (Å²) in [6, 6.07) is -0.106. The van der Waals surface area contributed by atoms with Crippen LogP contribution in [0.3, 0.4) is 0 Å². The molecule has 1 aromatic rings. The third kappa shape index (κ3) is 3.53. The third-order valence-corrected chi connectivity index (χ3v) is 3.73. The predicted molar refractivity (Wildman–Crippen MR) is 66.4 cm³/mol. The van der Waals surface area contributed by atoms with Gasteiger partial charge >= 0.3 is 0 Å². The second-order valence-electron chi connectivity index (χ2n) is 5.09. The van der Waals surface area contributed by atoms with Gasteiger partial charge in [0.1, 0.15) is 0 Å². The monoisotopic (exact) mass is 237 g/mol. The highest BCUT2D eigenvalue weighted by molar-refractivity contribution is 4.88. The van der Waals surface area contributed by atoms with Crippen molar-refractivity contribution in [2.75, 3.05) is 0 Å². The van der Waals surface area contributed by atoms with Crippen LogP contribution in [-0.4, -0.2) is 10.2 Å².